The minimum absolute atomic E-state index is 0.116. The zero-order valence-electron chi connectivity index (χ0n) is 9.40. The predicted octanol–water partition coefficient (Wildman–Crippen LogP) is 2.01. The zero-order chi connectivity index (χ0) is 11.6. The van der Waals surface area contributed by atoms with Gasteiger partial charge in [-0.05, 0) is 5.41 Å². The molecule has 1 rings (SSSR count). The topological polar surface area (TPSA) is 73.1 Å². The molecule has 0 bridgehead atoms. The molecule has 1 heterocycles. The first-order valence-electron chi connectivity index (χ1n) is 5.05. The molecule has 5 heteroatoms. The first-order valence-corrected chi connectivity index (χ1v) is 5.05. The Kier molecular flexibility index (Phi) is 3.21. The molecule has 0 spiro atoms. The molecule has 1 aliphatic rings. The average molecular weight is 214 g/mol. The van der Waals surface area contributed by atoms with Crippen molar-refractivity contribution < 1.29 is 15.1 Å². The van der Waals surface area contributed by atoms with Crippen LogP contribution in [-0.4, -0.2) is 39.6 Å². The van der Waals surface area contributed by atoms with Crippen molar-refractivity contribution in [3.05, 3.63) is 0 Å². The second kappa shape index (κ2) is 4.08. The van der Waals surface area contributed by atoms with Crippen LogP contribution in [0.1, 0.15) is 33.6 Å². The third kappa shape index (κ3) is 2.61. The Bertz CT molecular complexity index is 281. The Hall–Kier alpha value is -1.26. The van der Waals surface area contributed by atoms with Crippen LogP contribution < -0.4 is 0 Å². The van der Waals surface area contributed by atoms with E-state index in [4.69, 9.17) is 10.3 Å². The minimum atomic E-state index is -0.896. The van der Waals surface area contributed by atoms with E-state index in [9.17, 15) is 4.79 Å². The van der Waals surface area contributed by atoms with Gasteiger partial charge in [0.2, 0.25) is 0 Å². The van der Waals surface area contributed by atoms with Crippen LogP contribution in [0, 0.1) is 5.41 Å². The quantitative estimate of drug-likeness (QED) is 0.478. The van der Waals surface area contributed by atoms with E-state index in [-0.39, 0.29) is 11.5 Å². The van der Waals surface area contributed by atoms with Crippen LogP contribution in [0.2, 0.25) is 0 Å². The van der Waals surface area contributed by atoms with Gasteiger partial charge in [0.05, 0.1) is 5.71 Å². The molecule has 1 fully saturated rings. The van der Waals surface area contributed by atoms with Crippen LogP contribution in [0.3, 0.4) is 0 Å². The first-order chi connectivity index (χ1) is 6.86. The predicted molar refractivity (Wildman–Crippen MR) is 56.4 cm³/mol. The third-order valence-corrected chi connectivity index (χ3v) is 2.83. The molecule has 0 aromatic rings. The summed E-state index contributed by atoms with van der Waals surface area (Å²) in [7, 11) is 0. The Morgan fingerprint density at radius 1 is 1.53 bits per heavy atom. The summed E-state index contributed by atoms with van der Waals surface area (Å²) in [6.07, 6.45) is 0.147. The van der Waals surface area contributed by atoms with Gasteiger partial charge in [-0.15, -0.1) is 0 Å². The highest BCUT2D eigenvalue weighted by atomic mass is 16.4. The molecule has 0 saturated carbocycles. The normalized spacial score (nSPS) is 25.7. The van der Waals surface area contributed by atoms with E-state index in [1.54, 1.807) is 0 Å². The van der Waals surface area contributed by atoms with E-state index in [2.05, 4.69) is 5.16 Å². The van der Waals surface area contributed by atoms with Gasteiger partial charge in [-0.25, -0.2) is 4.79 Å². The first kappa shape index (κ1) is 11.8. The molecule has 5 nitrogen and oxygen atoms in total. The maximum atomic E-state index is 11.0. The fourth-order valence-corrected chi connectivity index (χ4v) is 1.93. The number of hydrogen-bond acceptors (Lipinski definition) is 3. The number of oxime groups is 1. The van der Waals surface area contributed by atoms with Crippen molar-refractivity contribution in [1.82, 2.24) is 4.90 Å². The summed E-state index contributed by atoms with van der Waals surface area (Å²) < 4.78 is 0. The number of carboxylic acid groups (broad SMARTS) is 1. The molecule has 1 unspecified atom stereocenters. The molecule has 0 aromatic carbocycles. The Balaban J connectivity index is 2.88. The van der Waals surface area contributed by atoms with E-state index < -0.39 is 6.09 Å². The number of rotatable bonds is 0. The van der Waals surface area contributed by atoms with Crippen LogP contribution >= 0.6 is 0 Å². The number of hydrogen-bond donors (Lipinski definition) is 2. The summed E-state index contributed by atoms with van der Waals surface area (Å²) in [5.41, 5.74) is 0.543. The Morgan fingerprint density at radius 2 is 2.13 bits per heavy atom. The summed E-state index contributed by atoms with van der Waals surface area (Å²) in [5.74, 6) is 0. The maximum Gasteiger partial charge on any atom is 0.407 e. The number of nitrogens with zero attached hydrogens (tertiary/aromatic N) is 2. The van der Waals surface area contributed by atoms with Gasteiger partial charge in [0, 0.05) is 25.4 Å². The zero-order valence-corrected chi connectivity index (χ0v) is 9.40. The Labute approximate surface area is 89.4 Å². The smallest absolute Gasteiger partial charge is 0.407 e. The van der Waals surface area contributed by atoms with Crippen LogP contribution in [0.4, 0.5) is 4.79 Å². The lowest BCUT2D eigenvalue weighted by molar-refractivity contribution is 0.0794. The van der Waals surface area contributed by atoms with Gasteiger partial charge in [0.15, 0.2) is 0 Å². The molecular formula is C10H18N2O3. The largest absolute Gasteiger partial charge is 0.465 e. The fraction of sp³-hybridized carbons (Fsp3) is 0.800. The average Bonchev–Trinajstić information content (AvgIpc) is 2.15. The van der Waals surface area contributed by atoms with Crippen molar-refractivity contribution in [2.75, 3.05) is 6.54 Å². The van der Waals surface area contributed by atoms with Gasteiger partial charge in [-0.2, -0.15) is 0 Å². The minimum Gasteiger partial charge on any atom is -0.465 e. The summed E-state index contributed by atoms with van der Waals surface area (Å²) in [5, 5.41) is 21.0. The molecule has 86 valence electrons. The van der Waals surface area contributed by atoms with Crippen LogP contribution in [0.15, 0.2) is 5.16 Å². The second-order valence-electron chi connectivity index (χ2n) is 4.98. The van der Waals surface area contributed by atoms with E-state index in [1.807, 2.05) is 20.8 Å². The standard InChI is InChI=1S/C10H18N2O3/c1-10(2,3)8-6-7(11-15)4-5-12(8)9(13)14/h8,15H,4-6H2,1-3H3,(H,13,14)/b11-7-. The second-order valence-corrected chi connectivity index (χ2v) is 4.98. The summed E-state index contributed by atoms with van der Waals surface area (Å²) in [6.45, 7) is 6.40. The Morgan fingerprint density at radius 3 is 2.53 bits per heavy atom. The van der Waals surface area contributed by atoms with Crippen LogP contribution in [0.25, 0.3) is 0 Å². The molecule has 1 amide bonds. The maximum absolute atomic E-state index is 11.0. The molecule has 0 aromatic heterocycles. The van der Waals surface area contributed by atoms with Crippen LogP contribution in [-0.2, 0) is 0 Å². The summed E-state index contributed by atoms with van der Waals surface area (Å²) >= 11 is 0. The van der Waals surface area contributed by atoms with Gasteiger partial charge >= 0.3 is 6.09 Å². The molecule has 0 radical (unpaired) electrons. The number of carbonyl (C=O) groups is 1. The van der Waals surface area contributed by atoms with Crippen molar-refractivity contribution >= 4 is 11.8 Å². The molecular weight excluding hydrogens is 196 g/mol. The van der Waals surface area contributed by atoms with Crippen molar-refractivity contribution in [3.63, 3.8) is 0 Å². The van der Waals surface area contributed by atoms with Crippen molar-refractivity contribution in [2.24, 2.45) is 10.6 Å². The highest BCUT2D eigenvalue weighted by Gasteiger charge is 2.37. The molecule has 1 atom stereocenters. The van der Waals surface area contributed by atoms with Crippen molar-refractivity contribution in [3.8, 4) is 0 Å². The summed E-state index contributed by atoms with van der Waals surface area (Å²) in [4.78, 5) is 12.5. The van der Waals surface area contributed by atoms with Crippen molar-refractivity contribution in [2.45, 2.75) is 39.7 Å². The third-order valence-electron chi connectivity index (χ3n) is 2.83. The van der Waals surface area contributed by atoms with Crippen LogP contribution in [0.5, 0.6) is 0 Å². The van der Waals surface area contributed by atoms with E-state index in [1.165, 1.54) is 4.90 Å². The van der Waals surface area contributed by atoms with E-state index >= 15 is 0 Å². The number of amides is 1. The van der Waals surface area contributed by atoms with Gasteiger partial charge in [-0.3, -0.25) is 0 Å². The molecule has 1 saturated heterocycles. The monoisotopic (exact) mass is 214 g/mol. The van der Waals surface area contributed by atoms with Gasteiger partial charge in [0.25, 0.3) is 0 Å². The van der Waals surface area contributed by atoms with E-state index in [0.29, 0.717) is 25.1 Å². The highest BCUT2D eigenvalue weighted by molar-refractivity contribution is 5.86. The molecule has 1 aliphatic heterocycles. The van der Waals surface area contributed by atoms with Gasteiger partial charge < -0.3 is 15.2 Å². The van der Waals surface area contributed by atoms with Crippen molar-refractivity contribution in [1.29, 1.82) is 0 Å². The SMILES string of the molecule is CC(C)(C)C1C/C(=N\O)CCN1C(=O)O. The fourth-order valence-electron chi connectivity index (χ4n) is 1.93. The lowest BCUT2D eigenvalue weighted by Crippen LogP contribution is -2.51. The number of likely N-dealkylation sites (tertiary alicyclic amines) is 1. The van der Waals surface area contributed by atoms with E-state index in [0.717, 1.165) is 0 Å². The lowest BCUT2D eigenvalue weighted by Gasteiger charge is -2.41. The summed E-state index contributed by atoms with van der Waals surface area (Å²) in [6, 6.07) is -0.116. The van der Waals surface area contributed by atoms with Gasteiger partial charge in [-0.1, -0.05) is 25.9 Å². The molecule has 0 aliphatic carbocycles. The van der Waals surface area contributed by atoms with Gasteiger partial charge in [0.1, 0.15) is 0 Å². The molecule has 15 heavy (non-hydrogen) atoms. The number of piperidine rings is 1. The molecule has 2 N–H and O–H groups in total. The highest BCUT2D eigenvalue weighted by Crippen LogP contribution is 2.30. The lowest BCUT2D eigenvalue weighted by atomic mass is 9.80.